The van der Waals surface area contributed by atoms with Crippen molar-refractivity contribution < 1.29 is 9.31 Å². The average Bonchev–Trinajstić information content (AvgIpc) is 2.35. The molecule has 8 heteroatoms. The van der Waals surface area contributed by atoms with E-state index in [0.29, 0.717) is 4.47 Å². The van der Waals surface area contributed by atoms with Crippen molar-refractivity contribution in [1.29, 1.82) is 0 Å². The van der Waals surface area contributed by atoms with Crippen LogP contribution < -0.4 is 5.32 Å². The van der Waals surface area contributed by atoms with Crippen LogP contribution in [-0.4, -0.2) is 9.91 Å². The van der Waals surface area contributed by atoms with E-state index in [9.17, 15) is 14.5 Å². The van der Waals surface area contributed by atoms with Crippen LogP contribution in [-0.2, 0) is 0 Å². The second-order valence-electron chi connectivity index (χ2n) is 3.53. The molecule has 0 fully saturated rings. The lowest BCUT2D eigenvalue weighted by Crippen LogP contribution is -2.00. The van der Waals surface area contributed by atoms with Gasteiger partial charge in [-0.2, -0.15) is 0 Å². The molecule has 2 aromatic rings. The summed E-state index contributed by atoms with van der Waals surface area (Å²) in [4.78, 5) is 14.2. The van der Waals surface area contributed by atoms with E-state index < -0.39 is 10.7 Å². The van der Waals surface area contributed by atoms with E-state index in [1.54, 1.807) is 0 Å². The fourth-order valence-electron chi connectivity index (χ4n) is 1.38. The van der Waals surface area contributed by atoms with Gasteiger partial charge < -0.3 is 5.32 Å². The smallest absolute Gasteiger partial charge is 0.312 e. The number of anilines is 2. The molecule has 0 atom stereocenters. The molecule has 0 saturated heterocycles. The molecule has 2 rings (SSSR count). The molecular formula is C11H6BrClFN3O2. The molecule has 5 nitrogen and oxygen atoms in total. The first-order valence-corrected chi connectivity index (χ1v) is 6.16. The fraction of sp³-hybridized carbons (Fsp3) is 0. The van der Waals surface area contributed by atoms with Gasteiger partial charge in [-0.1, -0.05) is 11.6 Å². The maximum atomic E-state index is 13.1. The zero-order valence-corrected chi connectivity index (χ0v) is 11.6. The van der Waals surface area contributed by atoms with Crippen molar-refractivity contribution >= 4 is 44.7 Å². The van der Waals surface area contributed by atoms with E-state index >= 15 is 0 Å². The Hall–Kier alpha value is -1.73. The number of halogens is 3. The Morgan fingerprint density at radius 2 is 2.16 bits per heavy atom. The van der Waals surface area contributed by atoms with Crippen molar-refractivity contribution in [2.45, 2.75) is 0 Å². The lowest BCUT2D eigenvalue weighted by Gasteiger charge is -2.08. The van der Waals surface area contributed by atoms with Gasteiger partial charge in [-0.3, -0.25) is 10.1 Å². The number of nitro groups is 1. The van der Waals surface area contributed by atoms with Gasteiger partial charge in [0, 0.05) is 16.7 Å². The summed E-state index contributed by atoms with van der Waals surface area (Å²) in [6, 6.07) is 4.97. The number of hydrogen-bond acceptors (Lipinski definition) is 4. The summed E-state index contributed by atoms with van der Waals surface area (Å²) in [6.45, 7) is 0. The largest absolute Gasteiger partial charge is 0.333 e. The van der Waals surface area contributed by atoms with E-state index in [0.717, 1.165) is 6.07 Å². The Labute approximate surface area is 120 Å². The minimum absolute atomic E-state index is 0.0132. The predicted octanol–water partition coefficient (Wildman–Crippen LogP) is 4.29. The highest BCUT2D eigenvalue weighted by Gasteiger charge is 2.17. The molecule has 0 aliphatic heterocycles. The van der Waals surface area contributed by atoms with E-state index in [4.69, 9.17) is 11.6 Å². The van der Waals surface area contributed by atoms with Crippen molar-refractivity contribution in [3.8, 4) is 0 Å². The Morgan fingerprint density at radius 1 is 1.42 bits per heavy atom. The van der Waals surface area contributed by atoms with Gasteiger partial charge in [0.1, 0.15) is 5.82 Å². The first kappa shape index (κ1) is 13.7. The van der Waals surface area contributed by atoms with E-state index in [2.05, 4.69) is 26.2 Å². The monoisotopic (exact) mass is 345 g/mol. The molecule has 0 spiro atoms. The van der Waals surface area contributed by atoms with Crippen LogP contribution in [0.4, 0.5) is 21.6 Å². The molecule has 1 aromatic carbocycles. The summed E-state index contributed by atoms with van der Waals surface area (Å²) in [5.41, 5.74) is -0.0331. The Bertz CT molecular complexity index is 654. The minimum atomic E-state index is -0.590. The van der Waals surface area contributed by atoms with Crippen LogP contribution >= 0.6 is 27.5 Å². The van der Waals surface area contributed by atoms with Gasteiger partial charge in [-0.05, 0) is 34.1 Å². The predicted molar refractivity (Wildman–Crippen MR) is 73.3 cm³/mol. The van der Waals surface area contributed by atoms with Crippen LogP contribution in [0.1, 0.15) is 0 Å². The molecule has 1 aromatic heterocycles. The number of nitrogens with one attached hydrogen (secondary N) is 1. The van der Waals surface area contributed by atoms with Crippen molar-refractivity contribution in [2.24, 2.45) is 0 Å². The lowest BCUT2D eigenvalue weighted by atomic mass is 10.3. The molecule has 0 amide bonds. The van der Waals surface area contributed by atoms with Crippen molar-refractivity contribution in [3.63, 3.8) is 0 Å². The normalized spacial score (nSPS) is 10.3. The Kier molecular flexibility index (Phi) is 3.96. The van der Waals surface area contributed by atoms with Crippen LogP contribution in [0.25, 0.3) is 0 Å². The molecule has 19 heavy (non-hydrogen) atoms. The Balaban J connectivity index is 2.43. The highest BCUT2D eigenvalue weighted by Crippen LogP contribution is 2.31. The van der Waals surface area contributed by atoms with Gasteiger partial charge in [-0.25, -0.2) is 9.37 Å². The summed E-state index contributed by atoms with van der Waals surface area (Å²) in [7, 11) is 0. The molecule has 98 valence electrons. The number of nitrogens with zero attached hydrogens (tertiary/aromatic N) is 2. The number of pyridine rings is 1. The highest BCUT2D eigenvalue weighted by atomic mass is 79.9. The topological polar surface area (TPSA) is 68.1 Å². The van der Waals surface area contributed by atoms with Crippen LogP contribution in [0, 0.1) is 15.9 Å². The standard InChI is InChI=1S/C11H6BrClFN3O2/c12-6-3-10(17(18)19)11(15-5-6)16-9-4-7(14)1-2-8(9)13/h1-5H,(H,15,16). The third kappa shape index (κ3) is 3.18. The molecule has 0 aliphatic carbocycles. The van der Waals surface area contributed by atoms with Gasteiger partial charge in [-0.15, -0.1) is 0 Å². The molecule has 1 N–H and O–H groups in total. The number of benzene rings is 1. The fourth-order valence-corrected chi connectivity index (χ4v) is 1.87. The SMILES string of the molecule is O=[N+]([O-])c1cc(Br)cnc1Nc1cc(F)ccc1Cl. The maximum absolute atomic E-state index is 13.1. The zero-order chi connectivity index (χ0) is 14.0. The molecule has 1 heterocycles. The highest BCUT2D eigenvalue weighted by molar-refractivity contribution is 9.10. The molecule has 0 radical (unpaired) electrons. The summed E-state index contributed by atoms with van der Waals surface area (Å²) < 4.78 is 13.6. The summed E-state index contributed by atoms with van der Waals surface area (Å²) in [5.74, 6) is -0.521. The third-order valence-electron chi connectivity index (χ3n) is 2.21. The maximum Gasteiger partial charge on any atom is 0.312 e. The Morgan fingerprint density at radius 3 is 2.84 bits per heavy atom. The van der Waals surface area contributed by atoms with E-state index in [1.807, 2.05) is 0 Å². The lowest BCUT2D eigenvalue weighted by molar-refractivity contribution is -0.384. The minimum Gasteiger partial charge on any atom is -0.333 e. The molecule has 0 bridgehead atoms. The number of rotatable bonds is 3. The summed E-state index contributed by atoms with van der Waals surface area (Å²) in [6.07, 6.45) is 1.39. The van der Waals surface area contributed by atoms with Crippen LogP contribution in [0.3, 0.4) is 0 Å². The summed E-state index contributed by atoms with van der Waals surface area (Å²) in [5, 5.41) is 13.8. The van der Waals surface area contributed by atoms with E-state index in [1.165, 1.54) is 24.4 Å². The molecule has 0 saturated carbocycles. The number of aromatic nitrogens is 1. The van der Waals surface area contributed by atoms with Gasteiger partial charge in [0.15, 0.2) is 0 Å². The van der Waals surface area contributed by atoms with Gasteiger partial charge in [0.2, 0.25) is 5.82 Å². The van der Waals surface area contributed by atoms with Crippen molar-refractivity contribution in [2.75, 3.05) is 5.32 Å². The average molecular weight is 347 g/mol. The molecular weight excluding hydrogens is 340 g/mol. The number of hydrogen-bond donors (Lipinski definition) is 1. The molecule has 0 aliphatic rings. The van der Waals surface area contributed by atoms with Crippen molar-refractivity contribution in [3.05, 3.63) is 55.9 Å². The molecule has 0 unspecified atom stereocenters. The third-order valence-corrected chi connectivity index (χ3v) is 2.98. The first-order chi connectivity index (χ1) is 8.97. The van der Waals surface area contributed by atoms with Gasteiger partial charge in [0.25, 0.3) is 0 Å². The van der Waals surface area contributed by atoms with Gasteiger partial charge in [0.05, 0.1) is 15.6 Å². The second kappa shape index (κ2) is 5.50. The second-order valence-corrected chi connectivity index (χ2v) is 4.85. The zero-order valence-electron chi connectivity index (χ0n) is 9.23. The van der Waals surface area contributed by atoms with Gasteiger partial charge >= 0.3 is 5.69 Å². The van der Waals surface area contributed by atoms with Crippen molar-refractivity contribution in [1.82, 2.24) is 4.98 Å². The first-order valence-electron chi connectivity index (χ1n) is 4.99. The van der Waals surface area contributed by atoms with E-state index in [-0.39, 0.29) is 22.2 Å². The van der Waals surface area contributed by atoms with Crippen LogP contribution in [0.15, 0.2) is 34.9 Å². The van der Waals surface area contributed by atoms with Crippen LogP contribution in [0.2, 0.25) is 5.02 Å². The summed E-state index contributed by atoms with van der Waals surface area (Å²) >= 11 is 8.97. The van der Waals surface area contributed by atoms with Crippen LogP contribution in [0.5, 0.6) is 0 Å². The quantitative estimate of drug-likeness (QED) is 0.665.